The van der Waals surface area contributed by atoms with Gasteiger partial charge in [0.25, 0.3) is 5.91 Å². The number of carbonyl (C=O) groups excluding carboxylic acids is 2. The first kappa shape index (κ1) is 15.5. The average molecular weight is 289 g/mol. The van der Waals surface area contributed by atoms with Crippen molar-refractivity contribution < 1.29 is 14.3 Å². The minimum Gasteiger partial charge on any atom is -0.484 e. The van der Waals surface area contributed by atoms with Crippen LogP contribution in [-0.2, 0) is 4.79 Å². The molecule has 1 aliphatic rings. The fourth-order valence-corrected chi connectivity index (χ4v) is 2.38. The van der Waals surface area contributed by atoms with E-state index >= 15 is 0 Å². The molecule has 1 saturated heterocycles. The molecule has 21 heavy (non-hydrogen) atoms. The second-order valence-electron chi connectivity index (χ2n) is 6.41. The number of piperidine rings is 1. The van der Waals surface area contributed by atoms with Gasteiger partial charge in [-0.2, -0.15) is 0 Å². The van der Waals surface area contributed by atoms with Gasteiger partial charge in [-0.15, -0.1) is 0 Å². The molecule has 0 radical (unpaired) electrons. The number of ketones is 1. The van der Waals surface area contributed by atoms with Gasteiger partial charge in [-0.05, 0) is 49.4 Å². The van der Waals surface area contributed by atoms with Crippen LogP contribution in [0.25, 0.3) is 0 Å². The second kappa shape index (κ2) is 6.29. The summed E-state index contributed by atoms with van der Waals surface area (Å²) in [4.78, 5) is 25.2. The topological polar surface area (TPSA) is 46.6 Å². The summed E-state index contributed by atoms with van der Waals surface area (Å²) < 4.78 is 5.51. The Morgan fingerprint density at radius 2 is 1.71 bits per heavy atom. The number of likely N-dealkylation sites (tertiary alicyclic amines) is 1. The van der Waals surface area contributed by atoms with E-state index in [-0.39, 0.29) is 18.3 Å². The molecule has 1 aliphatic heterocycles. The molecule has 4 heteroatoms. The standard InChI is InChI=1S/C17H23NO3/c1-13(19)14-4-6-15(7-5-14)21-12-16(20)18-10-8-17(2,3)9-11-18/h4-7H,8-12H2,1-3H3. The van der Waals surface area contributed by atoms with E-state index in [0.29, 0.717) is 16.7 Å². The van der Waals surface area contributed by atoms with E-state index in [1.54, 1.807) is 24.3 Å². The first-order valence-electron chi connectivity index (χ1n) is 7.39. The summed E-state index contributed by atoms with van der Waals surface area (Å²) in [5, 5.41) is 0. The number of hydrogen-bond donors (Lipinski definition) is 0. The lowest BCUT2D eigenvalue weighted by molar-refractivity contribution is -0.135. The smallest absolute Gasteiger partial charge is 0.260 e. The lowest BCUT2D eigenvalue weighted by atomic mass is 9.83. The number of benzene rings is 1. The molecule has 4 nitrogen and oxygen atoms in total. The highest BCUT2D eigenvalue weighted by Gasteiger charge is 2.27. The number of amides is 1. The van der Waals surface area contributed by atoms with Gasteiger partial charge in [0, 0.05) is 18.7 Å². The predicted octanol–water partition coefficient (Wildman–Crippen LogP) is 2.92. The van der Waals surface area contributed by atoms with E-state index < -0.39 is 0 Å². The maximum Gasteiger partial charge on any atom is 0.260 e. The van der Waals surface area contributed by atoms with Gasteiger partial charge in [-0.3, -0.25) is 9.59 Å². The molecule has 1 fully saturated rings. The number of hydrogen-bond acceptors (Lipinski definition) is 3. The summed E-state index contributed by atoms with van der Waals surface area (Å²) in [6.07, 6.45) is 2.07. The molecular formula is C17H23NO3. The van der Waals surface area contributed by atoms with Crippen LogP contribution in [0.1, 0.15) is 44.0 Å². The fraction of sp³-hybridized carbons (Fsp3) is 0.529. The molecule has 0 N–H and O–H groups in total. The van der Waals surface area contributed by atoms with E-state index in [4.69, 9.17) is 4.74 Å². The zero-order chi connectivity index (χ0) is 15.5. The molecule has 114 valence electrons. The molecule has 0 aliphatic carbocycles. The van der Waals surface area contributed by atoms with Crippen molar-refractivity contribution in [2.75, 3.05) is 19.7 Å². The molecular weight excluding hydrogens is 266 g/mol. The summed E-state index contributed by atoms with van der Waals surface area (Å²) in [7, 11) is 0. The highest BCUT2D eigenvalue weighted by atomic mass is 16.5. The number of carbonyl (C=O) groups is 2. The quantitative estimate of drug-likeness (QED) is 0.801. The van der Waals surface area contributed by atoms with Crippen LogP contribution >= 0.6 is 0 Å². The van der Waals surface area contributed by atoms with Gasteiger partial charge in [0.2, 0.25) is 0 Å². The molecule has 0 aromatic heterocycles. The van der Waals surface area contributed by atoms with Crippen molar-refractivity contribution in [2.45, 2.75) is 33.6 Å². The maximum absolute atomic E-state index is 12.1. The Bertz CT molecular complexity index is 509. The van der Waals surface area contributed by atoms with Gasteiger partial charge in [-0.1, -0.05) is 13.8 Å². The first-order chi connectivity index (χ1) is 9.87. The Labute approximate surface area is 126 Å². The molecule has 0 atom stereocenters. The largest absolute Gasteiger partial charge is 0.484 e. The molecule has 0 saturated carbocycles. The van der Waals surface area contributed by atoms with E-state index in [1.165, 1.54) is 6.92 Å². The van der Waals surface area contributed by atoms with E-state index in [1.807, 2.05) is 4.90 Å². The monoisotopic (exact) mass is 289 g/mol. The van der Waals surface area contributed by atoms with Crippen molar-refractivity contribution in [3.63, 3.8) is 0 Å². The van der Waals surface area contributed by atoms with Crippen molar-refractivity contribution in [3.05, 3.63) is 29.8 Å². The van der Waals surface area contributed by atoms with Gasteiger partial charge >= 0.3 is 0 Å². The third kappa shape index (κ3) is 4.31. The number of rotatable bonds is 4. The second-order valence-corrected chi connectivity index (χ2v) is 6.41. The van der Waals surface area contributed by atoms with Gasteiger partial charge in [0.05, 0.1) is 0 Å². The average Bonchev–Trinajstić information content (AvgIpc) is 2.45. The van der Waals surface area contributed by atoms with Crippen molar-refractivity contribution in [1.29, 1.82) is 0 Å². The van der Waals surface area contributed by atoms with Crippen molar-refractivity contribution in [1.82, 2.24) is 4.90 Å². The van der Waals surface area contributed by atoms with Gasteiger partial charge < -0.3 is 9.64 Å². The fourth-order valence-electron chi connectivity index (χ4n) is 2.38. The lowest BCUT2D eigenvalue weighted by Crippen LogP contribution is -2.43. The third-order valence-corrected chi connectivity index (χ3v) is 4.09. The van der Waals surface area contributed by atoms with Crippen molar-refractivity contribution >= 4 is 11.7 Å². The van der Waals surface area contributed by atoms with E-state index in [9.17, 15) is 9.59 Å². The van der Waals surface area contributed by atoms with Crippen LogP contribution in [0.5, 0.6) is 5.75 Å². The molecule has 0 unspecified atom stereocenters. The molecule has 0 spiro atoms. The van der Waals surface area contributed by atoms with Crippen molar-refractivity contribution in [2.24, 2.45) is 5.41 Å². The van der Waals surface area contributed by atoms with Crippen LogP contribution < -0.4 is 4.74 Å². The van der Waals surface area contributed by atoms with Crippen LogP contribution in [-0.4, -0.2) is 36.3 Å². The molecule has 1 aromatic rings. The zero-order valence-corrected chi connectivity index (χ0v) is 13.0. The molecule has 1 aromatic carbocycles. The van der Waals surface area contributed by atoms with Crippen LogP contribution in [0.3, 0.4) is 0 Å². The minimum atomic E-state index is 0.0218. The first-order valence-corrected chi connectivity index (χ1v) is 7.39. The normalized spacial score (nSPS) is 17.4. The highest BCUT2D eigenvalue weighted by Crippen LogP contribution is 2.29. The van der Waals surface area contributed by atoms with Gasteiger partial charge in [-0.25, -0.2) is 0 Å². The molecule has 1 amide bonds. The zero-order valence-electron chi connectivity index (χ0n) is 13.0. The number of nitrogens with zero attached hydrogens (tertiary/aromatic N) is 1. The van der Waals surface area contributed by atoms with E-state index in [2.05, 4.69) is 13.8 Å². The summed E-state index contributed by atoms with van der Waals surface area (Å²) in [6.45, 7) is 7.66. The van der Waals surface area contributed by atoms with E-state index in [0.717, 1.165) is 25.9 Å². The van der Waals surface area contributed by atoms with Crippen LogP contribution in [0.4, 0.5) is 0 Å². The summed E-state index contributed by atoms with van der Waals surface area (Å²) in [6, 6.07) is 6.88. The Kier molecular flexibility index (Phi) is 4.66. The minimum absolute atomic E-state index is 0.0218. The Morgan fingerprint density at radius 1 is 1.14 bits per heavy atom. The molecule has 1 heterocycles. The van der Waals surface area contributed by atoms with Crippen molar-refractivity contribution in [3.8, 4) is 5.75 Å². The van der Waals surface area contributed by atoms with Crippen LogP contribution in [0, 0.1) is 5.41 Å². The van der Waals surface area contributed by atoms with Crippen LogP contribution in [0.2, 0.25) is 0 Å². The Hall–Kier alpha value is -1.84. The lowest BCUT2D eigenvalue weighted by Gasteiger charge is -2.36. The number of ether oxygens (including phenoxy) is 1. The highest BCUT2D eigenvalue weighted by molar-refractivity contribution is 5.94. The SMILES string of the molecule is CC(=O)c1ccc(OCC(=O)N2CCC(C)(C)CC2)cc1. The summed E-state index contributed by atoms with van der Waals surface area (Å²) in [5.74, 6) is 0.667. The predicted molar refractivity (Wildman–Crippen MR) is 81.5 cm³/mol. The van der Waals surface area contributed by atoms with Gasteiger partial charge in [0.1, 0.15) is 5.75 Å². The molecule has 0 bridgehead atoms. The Morgan fingerprint density at radius 3 is 2.24 bits per heavy atom. The molecule has 2 rings (SSSR count). The summed E-state index contributed by atoms with van der Waals surface area (Å²) >= 11 is 0. The summed E-state index contributed by atoms with van der Waals surface area (Å²) in [5.41, 5.74) is 0.979. The maximum atomic E-state index is 12.1. The van der Waals surface area contributed by atoms with Crippen LogP contribution in [0.15, 0.2) is 24.3 Å². The Balaban J connectivity index is 1.82. The van der Waals surface area contributed by atoms with Gasteiger partial charge in [0.15, 0.2) is 12.4 Å². The number of Topliss-reactive ketones (excluding diaryl/α,β-unsaturated/α-hetero) is 1. The third-order valence-electron chi connectivity index (χ3n) is 4.09.